The van der Waals surface area contributed by atoms with Crippen molar-refractivity contribution in [1.29, 1.82) is 0 Å². The van der Waals surface area contributed by atoms with Gasteiger partial charge in [-0.2, -0.15) is 0 Å². The minimum absolute atomic E-state index is 0.0112. The maximum absolute atomic E-state index is 14.5. The van der Waals surface area contributed by atoms with Gasteiger partial charge in [0.25, 0.3) is 5.91 Å². The normalized spacial score (nSPS) is 15.5. The second-order valence-corrected chi connectivity index (χ2v) is 6.55. The van der Waals surface area contributed by atoms with Crippen LogP contribution in [0.5, 0.6) is 0 Å². The number of anilines is 1. The first-order valence-corrected chi connectivity index (χ1v) is 9.06. The molecular formula is C22H17F2N3O2. The van der Waals surface area contributed by atoms with Crippen LogP contribution in [0.4, 0.5) is 14.5 Å². The predicted octanol–water partition coefficient (Wildman–Crippen LogP) is 4.41. The summed E-state index contributed by atoms with van der Waals surface area (Å²) in [5.74, 6) is -2.07. The zero-order valence-corrected chi connectivity index (χ0v) is 15.3. The SMILES string of the molecule is O=C(C1=NOC(c2ccccc2)C1)N(Cc1ccccn1)c1ccc(F)cc1F. The molecule has 7 heteroatoms. The minimum atomic E-state index is -0.839. The number of oxime groups is 1. The summed E-state index contributed by atoms with van der Waals surface area (Å²) in [6.45, 7) is 0.0112. The Bertz CT molecular complexity index is 1040. The lowest BCUT2D eigenvalue weighted by Crippen LogP contribution is -2.36. The average Bonchev–Trinajstić information content (AvgIpc) is 3.24. The van der Waals surface area contributed by atoms with Crippen molar-refractivity contribution in [2.45, 2.75) is 19.1 Å². The molecule has 0 bridgehead atoms. The number of rotatable bonds is 5. The largest absolute Gasteiger partial charge is 0.387 e. The number of carbonyl (C=O) groups is 1. The molecule has 29 heavy (non-hydrogen) atoms. The average molecular weight is 393 g/mol. The Morgan fingerprint density at radius 1 is 1.07 bits per heavy atom. The van der Waals surface area contributed by atoms with E-state index in [1.54, 1.807) is 24.4 Å². The van der Waals surface area contributed by atoms with Crippen LogP contribution < -0.4 is 4.90 Å². The second kappa shape index (κ2) is 8.18. The van der Waals surface area contributed by atoms with Gasteiger partial charge in [0.1, 0.15) is 17.3 Å². The van der Waals surface area contributed by atoms with E-state index < -0.39 is 17.5 Å². The minimum Gasteiger partial charge on any atom is -0.387 e. The highest BCUT2D eigenvalue weighted by Crippen LogP contribution is 2.29. The topological polar surface area (TPSA) is 54.8 Å². The first kappa shape index (κ1) is 18.7. The van der Waals surface area contributed by atoms with Gasteiger partial charge in [0.15, 0.2) is 6.10 Å². The summed E-state index contributed by atoms with van der Waals surface area (Å²) >= 11 is 0. The van der Waals surface area contributed by atoms with Crippen molar-refractivity contribution in [3.8, 4) is 0 Å². The smallest absolute Gasteiger partial charge is 0.276 e. The van der Waals surface area contributed by atoms with Gasteiger partial charge in [-0.3, -0.25) is 14.7 Å². The van der Waals surface area contributed by atoms with E-state index in [4.69, 9.17) is 4.84 Å². The number of halogens is 2. The molecule has 4 rings (SSSR count). The van der Waals surface area contributed by atoms with Gasteiger partial charge >= 0.3 is 0 Å². The summed E-state index contributed by atoms with van der Waals surface area (Å²) in [6.07, 6.45) is 1.45. The summed E-state index contributed by atoms with van der Waals surface area (Å²) in [6, 6.07) is 17.7. The molecule has 2 aromatic carbocycles. The van der Waals surface area contributed by atoms with Gasteiger partial charge in [-0.15, -0.1) is 0 Å². The third-order valence-corrected chi connectivity index (χ3v) is 4.58. The van der Waals surface area contributed by atoms with E-state index in [1.165, 1.54) is 11.0 Å². The summed E-state index contributed by atoms with van der Waals surface area (Å²) in [5.41, 5.74) is 1.57. The molecule has 1 aliphatic rings. The molecule has 1 atom stereocenters. The van der Waals surface area contributed by atoms with Crippen molar-refractivity contribution in [2.24, 2.45) is 5.16 Å². The van der Waals surface area contributed by atoms with E-state index in [-0.39, 0.29) is 30.5 Å². The lowest BCUT2D eigenvalue weighted by molar-refractivity contribution is -0.112. The first-order chi connectivity index (χ1) is 14.1. The fourth-order valence-electron chi connectivity index (χ4n) is 3.13. The molecule has 1 amide bonds. The van der Waals surface area contributed by atoms with Gasteiger partial charge in [0, 0.05) is 18.7 Å². The highest BCUT2D eigenvalue weighted by Gasteiger charge is 2.32. The van der Waals surface area contributed by atoms with Crippen LogP contribution >= 0.6 is 0 Å². The second-order valence-electron chi connectivity index (χ2n) is 6.55. The Morgan fingerprint density at radius 2 is 1.86 bits per heavy atom. The molecule has 1 aromatic heterocycles. The Kier molecular flexibility index (Phi) is 5.29. The van der Waals surface area contributed by atoms with Gasteiger partial charge in [-0.25, -0.2) is 8.78 Å². The number of benzene rings is 2. The van der Waals surface area contributed by atoms with Crippen LogP contribution in [0.1, 0.15) is 23.8 Å². The van der Waals surface area contributed by atoms with Crippen molar-refractivity contribution in [3.63, 3.8) is 0 Å². The first-order valence-electron chi connectivity index (χ1n) is 9.06. The van der Waals surface area contributed by atoms with E-state index in [0.29, 0.717) is 5.69 Å². The Morgan fingerprint density at radius 3 is 2.59 bits per heavy atom. The molecule has 146 valence electrons. The lowest BCUT2D eigenvalue weighted by Gasteiger charge is -2.22. The third kappa shape index (κ3) is 4.13. The molecule has 0 saturated heterocycles. The van der Waals surface area contributed by atoms with Crippen LogP contribution in [0.2, 0.25) is 0 Å². The molecule has 1 aliphatic heterocycles. The fraction of sp³-hybridized carbons (Fsp3) is 0.136. The summed E-state index contributed by atoms with van der Waals surface area (Å²) < 4.78 is 27.8. The van der Waals surface area contributed by atoms with E-state index >= 15 is 0 Å². The van der Waals surface area contributed by atoms with Crippen molar-refractivity contribution < 1.29 is 18.4 Å². The molecule has 1 unspecified atom stereocenters. The van der Waals surface area contributed by atoms with Crippen LogP contribution in [0.3, 0.4) is 0 Å². The van der Waals surface area contributed by atoms with E-state index in [0.717, 1.165) is 17.7 Å². The quantitative estimate of drug-likeness (QED) is 0.645. The van der Waals surface area contributed by atoms with Crippen molar-refractivity contribution >= 4 is 17.3 Å². The summed E-state index contributed by atoms with van der Waals surface area (Å²) in [4.78, 5) is 24.0. The van der Waals surface area contributed by atoms with Crippen LogP contribution in [0, 0.1) is 11.6 Å². The molecule has 0 saturated carbocycles. The number of hydrogen-bond donors (Lipinski definition) is 0. The summed E-state index contributed by atoms with van der Waals surface area (Å²) in [5, 5.41) is 3.94. The molecule has 5 nitrogen and oxygen atoms in total. The van der Waals surface area contributed by atoms with E-state index in [9.17, 15) is 13.6 Å². The number of carbonyl (C=O) groups excluding carboxylic acids is 1. The highest BCUT2D eigenvalue weighted by atomic mass is 19.1. The molecule has 0 spiro atoms. The molecule has 0 aliphatic carbocycles. The molecule has 0 radical (unpaired) electrons. The Hall–Kier alpha value is -3.61. The van der Waals surface area contributed by atoms with Crippen molar-refractivity contribution in [3.05, 3.63) is 95.8 Å². The molecule has 0 N–H and O–H groups in total. The van der Waals surface area contributed by atoms with Crippen LogP contribution in [0.15, 0.2) is 78.1 Å². The van der Waals surface area contributed by atoms with Crippen LogP contribution in [-0.4, -0.2) is 16.6 Å². The number of pyridine rings is 1. The van der Waals surface area contributed by atoms with E-state index in [1.807, 2.05) is 30.3 Å². The van der Waals surface area contributed by atoms with Gasteiger partial charge < -0.3 is 4.84 Å². The van der Waals surface area contributed by atoms with Gasteiger partial charge in [-0.05, 0) is 29.8 Å². The Labute approximate surface area is 166 Å². The number of amides is 1. The maximum atomic E-state index is 14.5. The van der Waals surface area contributed by atoms with Gasteiger partial charge in [-0.1, -0.05) is 41.6 Å². The van der Waals surface area contributed by atoms with E-state index in [2.05, 4.69) is 10.1 Å². The molecule has 2 heterocycles. The highest BCUT2D eigenvalue weighted by molar-refractivity contribution is 6.43. The summed E-state index contributed by atoms with van der Waals surface area (Å²) in [7, 11) is 0. The number of hydrogen-bond acceptors (Lipinski definition) is 4. The monoisotopic (exact) mass is 393 g/mol. The van der Waals surface area contributed by atoms with Crippen LogP contribution in [0.25, 0.3) is 0 Å². The van der Waals surface area contributed by atoms with Gasteiger partial charge in [0.2, 0.25) is 0 Å². The Balaban J connectivity index is 1.61. The molecule has 3 aromatic rings. The standard InChI is InChI=1S/C22H17F2N3O2/c23-16-9-10-20(18(24)12-16)27(14-17-8-4-5-11-25-17)22(28)19-13-21(29-26-19)15-6-2-1-3-7-15/h1-12,21H,13-14H2. The number of aromatic nitrogens is 1. The molecule has 0 fully saturated rings. The fourth-order valence-corrected chi connectivity index (χ4v) is 3.13. The zero-order chi connectivity index (χ0) is 20.2. The van der Waals surface area contributed by atoms with Crippen molar-refractivity contribution in [1.82, 2.24) is 4.98 Å². The lowest BCUT2D eigenvalue weighted by atomic mass is 10.0. The number of nitrogens with zero attached hydrogens (tertiary/aromatic N) is 3. The maximum Gasteiger partial charge on any atom is 0.276 e. The van der Waals surface area contributed by atoms with Gasteiger partial charge in [0.05, 0.1) is 17.9 Å². The van der Waals surface area contributed by atoms with Crippen LogP contribution in [-0.2, 0) is 16.2 Å². The third-order valence-electron chi connectivity index (χ3n) is 4.58. The molecular weight excluding hydrogens is 376 g/mol. The predicted molar refractivity (Wildman–Crippen MR) is 104 cm³/mol. The zero-order valence-electron chi connectivity index (χ0n) is 15.3. The van der Waals surface area contributed by atoms with Crippen molar-refractivity contribution in [2.75, 3.05) is 4.90 Å².